The van der Waals surface area contributed by atoms with E-state index < -0.39 is 11.2 Å². The Morgan fingerprint density at radius 3 is 2.85 bits per heavy atom. The van der Waals surface area contributed by atoms with Gasteiger partial charge < -0.3 is 14.3 Å². The third-order valence-corrected chi connectivity index (χ3v) is 2.27. The van der Waals surface area contributed by atoms with Gasteiger partial charge >= 0.3 is 0 Å². The highest BCUT2D eigenvalue weighted by molar-refractivity contribution is 8.00. The number of carbonyl (C=O) groups excluding carboxylic acids is 1. The summed E-state index contributed by atoms with van der Waals surface area (Å²) < 4.78 is 5.10. The molecule has 1 atom stereocenters. The first-order valence-corrected chi connectivity index (χ1v) is 4.71. The molecule has 1 aromatic heterocycles. The zero-order chi connectivity index (χ0) is 9.84. The van der Waals surface area contributed by atoms with Gasteiger partial charge in [-0.25, -0.2) is 0 Å². The molecule has 0 radical (unpaired) electrons. The first kappa shape index (κ1) is 10.0. The van der Waals surface area contributed by atoms with Gasteiger partial charge in [-0.05, 0) is 6.92 Å². The first-order chi connectivity index (χ1) is 6.13. The normalized spacial score (nSPS) is 12.8. The van der Waals surface area contributed by atoms with Gasteiger partial charge in [0.05, 0.1) is 11.2 Å². The second-order valence-corrected chi connectivity index (χ2v) is 3.69. The molecule has 5 nitrogen and oxygen atoms in total. The van der Waals surface area contributed by atoms with E-state index >= 15 is 0 Å². The Morgan fingerprint density at radius 2 is 2.38 bits per heavy atom. The van der Waals surface area contributed by atoms with Gasteiger partial charge in [-0.1, -0.05) is 18.7 Å². The lowest BCUT2D eigenvalue weighted by atomic mass is 10.5. The van der Waals surface area contributed by atoms with Crippen LogP contribution in [-0.4, -0.2) is 21.4 Å². The molecule has 13 heavy (non-hydrogen) atoms. The molecule has 0 aliphatic rings. The molecule has 0 aliphatic heterocycles. The van der Waals surface area contributed by atoms with E-state index in [0.717, 1.165) is 11.8 Å². The van der Waals surface area contributed by atoms with E-state index in [2.05, 4.69) is 10.2 Å². The molecule has 1 rings (SSSR count). The fourth-order valence-corrected chi connectivity index (χ4v) is 1.26. The molecule has 1 aromatic rings. The van der Waals surface area contributed by atoms with Gasteiger partial charge in [0.15, 0.2) is 0 Å². The van der Waals surface area contributed by atoms with E-state index in [4.69, 9.17) is 4.42 Å². The Labute approximate surface area is 79.5 Å². The molecule has 6 heteroatoms. The van der Waals surface area contributed by atoms with Crippen LogP contribution in [0.5, 0.6) is 0 Å². The number of aromatic nitrogens is 2. The van der Waals surface area contributed by atoms with Crippen LogP contribution in [0.15, 0.2) is 9.64 Å². The van der Waals surface area contributed by atoms with E-state index in [-0.39, 0.29) is 5.22 Å². The smallest absolute Gasteiger partial charge is 0.277 e. The van der Waals surface area contributed by atoms with Crippen molar-refractivity contribution in [1.29, 1.82) is 0 Å². The fourth-order valence-electron chi connectivity index (χ4n) is 0.628. The van der Waals surface area contributed by atoms with Gasteiger partial charge in [-0.2, -0.15) is 0 Å². The summed E-state index contributed by atoms with van der Waals surface area (Å²) >= 11 is 0.986. The highest BCUT2D eigenvalue weighted by atomic mass is 32.2. The molecular formula is C7H9N2O3S-. The molecule has 72 valence electrons. The Kier molecular flexibility index (Phi) is 3.30. The lowest BCUT2D eigenvalue weighted by Crippen LogP contribution is -2.31. The predicted molar refractivity (Wildman–Crippen MR) is 44.0 cm³/mol. The van der Waals surface area contributed by atoms with E-state index in [9.17, 15) is 9.90 Å². The Morgan fingerprint density at radius 1 is 1.69 bits per heavy atom. The standard InChI is InChI=1S/C7H10N2O3S/c1-3-5-8-9-7(12-5)13-4(2)6(10)11/h4H,3H2,1-2H3,(H,10,11)/p-1/t4-/m1/s1. The van der Waals surface area contributed by atoms with Crippen LogP contribution in [0.4, 0.5) is 0 Å². The van der Waals surface area contributed by atoms with Crippen molar-refractivity contribution in [2.75, 3.05) is 0 Å². The summed E-state index contributed by atoms with van der Waals surface area (Å²) in [5.74, 6) is -0.630. The molecule has 0 N–H and O–H groups in total. The molecule has 0 fully saturated rings. The van der Waals surface area contributed by atoms with Gasteiger partial charge in [-0.3, -0.25) is 0 Å². The summed E-state index contributed by atoms with van der Waals surface area (Å²) in [6, 6.07) is 0. The van der Waals surface area contributed by atoms with Crippen LogP contribution in [-0.2, 0) is 11.2 Å². The largest absolute Gasteiger partial charge is 0.549 e. The van der Waals surface area contributed by atoms with Crippen LogP contribution in [0.3, 0.4) is 0 Å². The minimum atomic E-state index is -1.14. The van der Waals surface area contributed by atoms with Gasteiger partial charge in [0, 0.05) is 6.42 Å². The highest BCUT2D eigenvalue weighted by Crippen LogP contribution is 2.21. The maximum atomic E-state index is 10.4. The lowest BCUT2D eigenvalue weighted by molar-refractivity contribution is -0.304. The number of carbonyl (C=O) groups is 1. The summed E-state index contributed by atoms with van der Waals surface area (Å²) in [5, 5.41) is 17.3. The van der Waals surface area contributed by atoms with Crippen LogP contribution in [0.25, 0.3) is 0 Å². The molecule has 0 saturated heterocycles. The van der Waals surface area contributed by atoms with Crippen molar-refractivity contribution in [3.05, 3.63) is 5.89 Å². The van der Waals surface area contributed by atoms with Gasteiger partial charge in [0.25, 0.3) is 5.22 Å². The number of carboxylic acids is 1. The molecule has 1 heterocycles. The number of rotatable bonds is 4. The maximum Gasteiger partial charge on any atom is 0.277 e. The molecule has 0 bridgehead atoms. The number of aryl methyl sites for hydroxylation is 1. The molecule has 0 unspecified atom stereocenters. The summed E-state index contributed by atoms with van der Waals surface area (Å²) in [4.78, 5) is 10.4. The van der Waals surface area contributed by atoms with E-state index in [1.807, 2.05) is 6.92 Å². The number of nitrogens with zero attached hydrogens (tertiary/aromatic N) is 2. The van der Waals surface area contributed by atoms with Crippen LogP contribution < -0.4 is 5.11 Å². The third kappa shape index (κ3) is 2.73. The molecule has 0 spiro atoms. The average molecular weight is 201 g/mol. The molecule has 0 aromatic carbocycles. The SMILES string of the molecule is CCc1nnc(S[C@H](C)C(=O)[O-])o1. The van der Waals surface area contributed by atoms with Crippen molar-refractivity contribution in [3.8, 4) is 0 Å². The third-order valence-electron chi connectivity index (χ3n) is 1.36. The fraction of sp³-hybridized carbons (Fsp3) is 0.571. The number of hydrogen-bond donors (Lipinski definition) is 0. The molecule has 0 saturated carbocycles. The zero-order valence-corrected chi connectivity index (χ0v) is 8.13. The van der Waals surface area contributed by atoms with E-state index in [1.54, 1.807) is 0 Å². The number of thioether (sulfide) groups is 1. The monoisotopic (exact) mass is 201 g/mol. The average Bonchev–Trinajstić information content (AvgIpc) is 2.52. The van der Waals surface area contributed by atoms with Crippen LogP contribution in [0.1, 0.15) is 19.7 Å². The van der Waals surface area contributed by atoms with Gasteiger partial charge in [0.2, 0.25) is 5.89 Å². The van der Waals surface area contributed by atoms with Crippen LogP contribution >= 0.6 is 11.8 Å². The van der Waals surface area contributed by atoms with Crippen molar-refractivity contribution in [2.45, 2.75) is 30.7 Å². The minimum Gasteiger partial charge on any atom is -0.549 e. The van der Waals surface area contributed by atoms with Gasteiger partial charge in [-0.15, -0.1) is 10.2 Å². The lowest BCUT2D eigenvalue weighted by Gasteiger charge is -2.07. The molecular weight excluding hydrogens is 192 g/mol. The zero-order valence-electron chi connectivity index (χ0n) is 7.31. The number of hydrogen-bond acceptors (Lipinski definition) is 6. The second kappa shape index (κ2) is 4.27. The summed E-state index contributed by atoms with van der Waals surface area (Å²) in [7, 11) is 0. The van der Waals surface area contributed by atoms with Crippen molar-refractivity contribution >= 4 is 17.7 Å². The first-order valence-electron chi connectivity index (χ1n) is 3.83. The van der Waals surface area contributed by atoms with Gasteiger partial charge in [0.1, 0.15) is 0 Å². The highest BCUT2D eigenvalue weighted by Gasteiger charge is 2.10. The van der Waals surface area contributed by atoms with Crippen LogP contribution in [0, 0.1) is 0 Å². The number of aliphatic carboxylic acids is 1. The second-order valence-electron chi connectivity index (χ2n) is 2.39. The van der Waals surface area contributed by atoms with Crippen molar-refractivity contribution in [2.24, 2.45) is 0 Å². The Balaban J connectivity index is 2.58. The van der Waals surface area contributed by atoms with Crippen LogP contribution in [0.2, 0.25) is 0 Å². The maximum absolute atomic E-state index is 10.4. The Bertz CT molecular complexity index is 300. The van der Waals surface area contributed by atoms with Crippen molar-refractivity contribution in [3.63, 3.8) is 0 Å². The predicted octanol–water partition coefficient (Wildman–Crippen LogP) is -0.138. The minimum absolute atomic E-state index is 0.272. The van der Waals surface area contributed by atoms with E-state index in [1.165, 1.54) is 6.92 Å². The van der Waals surface area contributed by atoms with Crippen molar-refractivity contribution < 1.29 is 14.3 Å². The van der Waals surface area contributed by atoms with E-state index in [0.29, 0.717) is 12.3 Å². The molecule has 0 aliphatic carbocycles. The summed E-state index contributed by atoms with van der Waals surface area (Å²) in [5.41, 5.74) is 0. The van der Waals surface area contributed by atoms with Crippen molar-refractivity contribution in [1.82, 2.24) is 10.2 Å². The quantitative estimate of drug-likeness (QED) is 0.631. The summed E-state index contributed by atoms with van der Waals surface area (Å²) in [6.07, 6.45) is 0.646. The summed E-state index contributed by atoms with van der Waals surface area (Å²) in [6.45, 7) is 3.39. The molecule has 0 amide bonds. The topological polar surface area (TPSA) is 79.0 Å². The Hall–Kier alpha value is -1.04. The number of carboxylic acid groups (broad SMARTS) is 1.